The zero-order valence-electron chi connectivity index (χ0n) is 17.4. The molecule has 1 aliphatic heterocycles. The van der Waals surface area contributed by atoms with Crippen LogP contribution in [0.4, 0.5) is 0 Å². The lowest BCUT2D eigenvalue weighted by Gasteiger charge is -2.35. The lowest BCUT2D eigenvalue weighted by atomic mass is 9.84. The smallest absolute Gasteiger partial charge is 0.160 e. The summed E-state index contributed by atoms with van der Waals surface area (Å²) in [6, 6.07) is 8.53. The van der Waals surface area contributed by atoms with E-state index in [-0.39, 0.29) is 11.5 Å². The third-order valence-electron chi connectivity index (χ3n) is 6.21. The van der Waals surface area contributed by atoms with Gasteiger partial charge < -0.3 is 5.32 Å². The first kappa shape index (κ1) is 20.2. The van der Waals surface area contributed by atoms with Gasteiger partial charge in [-0.3, -0.25) is 4.79 Å². The Morgan fingerprint density at radius 2 is 1.48 bits per heavy atom. The molecule has 1 aromatic rings. The van der Waals surface area contributed by atoms with E-state index in [0.29, 0.717) is 5.78 Å². The molecule has 2 aliphatic rings. The van der Waals surface area contributed by atoms with Crippen LogP contribution in [-0.2, 0) is 11.2 Å². The molecule has 0 bridgehead atoms. The van der Waals surface area contributed by atoms with Crippen LogP contribution in [0.15, 0.2) is 30.3 Å². The molecule has 0 unspecified atom stereocenters. The molecule has 1 aliphatic carbocycles. The first-order valence-electron chi connectivity index (χ1n) is 11.2. The Balaban J connectivity index is 1.74. The summed E-state index contributed by atoms with van der Waals surface area (Å²) in [5, 5.41) is 3.63. The normalized spacial score (nSPS) is 23.6. The van der Waals surface area contributed by atoms with Crippen LogP contribution in [0.1, 0.15) is 95.6 Å². The maximum Gasteiger partial charge on any atom is 0.160 e. The number of carbonyl (C=O) groups is 1. The first-order valence-corrected chi connectivity index (χ1v) is 11.2. The Kier molecular flexibility index (Phi) is 7.15. The fraction of sp³-hybridized carbons (Fsp3) is 0.640. The molecule has 0 aromatic heterocycles. The number of allylic oxidation sites excluding steroid dienone is 1. The van der Waals surface area contributed by atoms with Crippen LogP contribution in [0.2, 0.25) is 0 Å². The van der Waals surface area contributed by atoms with Gasteiger partial charge in [0.1, 0.15) is 0 Å². The maximum absolute atomic E-state index is 13.2. The molecule has 27 heavy (non-hydrogen) atoms. The van der Waals surface area contributed by atoms with E-state index in [9.17, 15) is 4.79 Å². The van der Waals surface area contributed by atoms with E-state index in [4.69, 9.17) is 0 Å². The van der Waals surface area contributed by atoms with Crippen molar-refractivity contribution >= 4 is 11.5 Å². The molecule has 0 spiro atoms. The second-order valence-electron chi connectivity index (χ2n) is 9.26. The van der Waals surface area contributed by atoms with Gasteiger partial charge in [-0.25, -0.2) is 0 Å². The predicted molar refractivity (Wildman–Crippen MR) is 115 cm³/mol. The van der Waals surface area contributed by atoms with E-state index in [2.05, 4.69) is 43.4 Å². The number of nitrogens with one attached hydrogen (secondary N) is 1. The predicted octanol–water partition coefficient (Wildman–Crippen LogP) is 6.44. The van der Waals surface area contributed by atoms with Crippen molar-refractivity contribution in [2.24, 2.45) is 5.92 Å². The summed E-state index contributed by atoms with van der Waals surface area (Å²) in [6.45, 7) is 4.44. The minimum Gasteiger partial charge on any atom is -0.379 e. The van der Waals surface area contributed by atoms with Crippen molar-refractivity contribution in [3.8, 4) is 0 Å². The van der Waals surface area contributed by atoms with Crippen LogP contribution < -0.4 is 5.32 Å². The van der Waals surface area contributed by atoms with Gasteiger partial charge in [-0.1, -0.05) is 82.1 Å². The van der Waals surface area contributed by atoms with Crippen molar-refractivity contribution in [3.63, 3.8) is 0 Å². The van der Waals surface area contributed by atoms with E-state index >= 15 is 0 Å². The van der Waals surface area contributed by atoms with Gasteiger partial charge >= 0.3 is 0 Å². The number of hydrogen-bond acceptors (Lipinski definition) is 2. The molecule has 1 aromatic carbocycles. The van der Waals surface area contributed by atoms with Gasteiger partial charge in [-0.15, -0.1) is 0 Å². The summed E-state index contributed by atoms with van der Waals surface area (Å²) in [7, 11) is 0. The molecule has 2 heteroatoms. The monoisotopic (exact) mass is 367 g/mol. The molecular formula is C25H37NO. The summed E-state index contributed by atoms with van der Waals surface area (Å²) >= 11 is 0. The van der Waals surface area contributed by atoms with Crippen molar-refractivity contribution < 1.29 is 4.79 Å². The quantitative estimate of drug-likeness (QED) is 0.609. The van der Waals surface area contributed by atoms with Gasteiger partial charge in [0.15, 0.2) is 5.78 Å². The Morgan fingerprint density at radius 1 is 0.926 bits per heavy atom. The van der Waals surface area contributed by atoms with Crippen LogP contribution >= 0.6 is 0 Å². The second-order valence-corrected chi connectivity index (χ2v) is 9.26. The standard InChI is InChI=1S/C25H37NO/c1-25(2)19-21-16-12-13-17-22(21)23(26-25)18-24(27)20-14-10-8-6-4-3-5-7-9-11-15-20/h12-13,16-18,20,26H,3-11,14-15,19H2,1-2H3/b23-18-. The number of rotatable bonds is 2. The van der Waals surface area contributed by atoms with Crippen LogP contribution in [-0.4, -0.2) is 11.3 Å². The first-order chi connectivity index (χ1) is 13.1. The molecule has 1 fully saturated rings. The minimum absolute atomic E-state index is 0.00698. The minimum atomic E-state index is -0.00698. The molecule has 3 rings (SSSR count). The van der Waals surface area contributed by atoms with Gasteiger partial charge in [0.25, 0.3) is 0 Å². The van der Waals surface area contributed by atoms with Crippen molar-refractivity contribution in [1.82, 2.24) is 5.32 Å². The summed E-state index contributed by atoms with van der Waals surface area (Å²) in [5.74, 6) is 0.540. The summed E-state index contributed by atoms with van der Waals surface area (Å²) < 4.78 is 0. The number of hydrogen-bond donors (Lipinski definition) is 1. The topological polar surface area (TPSA) is 29.1 Å². The van der Waals surface area contributed by atoms with Crippen molar-refractivity contribution in [2.45, 2.75) is 96.4 Å². The average molecular weight is 368 g/mol. The molecule has 2 nitrogen and oxygen atoms in total. The van der Waals surface area contributed by atoms with Crippen molar-refractivity contribution in [3.05, 3.63) is 41.5 Å². The molecular weight excluding hydrogens is 330 g/mol. The highest BCUT2D eigenvalue weighted by molar-refractivity contribution is 5.98. The molecule has 0 radical (unpaired) electrons. The lowest BCUT2D eigenvalue weighted by Crippen LogP contribution is -2.44. The van der Waals surface area contributed by atoms with Crippen LogP contribution in [0, 0.1) is 5.92 Å². The van der Waals surface area contributed by atoms with E-state index in [1.165, 1.54) is 68.9 Å². The Morgan fingerprint density at radius 3 is 2.11 bits per heavy atom. The van der Waals surface area contributed by atoms with Gasteiger partial charge in [-0.2, -0.15) is 0 Å². The Labute approximate surface area is 165 Å². The fourth-order valence-electron chi connectivity index (χ4n) is 4.71. The molecule has 1 heterocycles. The van der Waals surface area contributed by atoms with Gasteiger partial charge in [-0.05, 0) is 38.7 Å². The van der Waals surface area contributed by atoms with Crippen LogP contribution in [0.3, 0.4) is 0 Å². The molecule has 0 saturated heterocycles. The summed E-state index contributed by atoms with van der Waals surface area (Å²) in [5.41, 5.74) is 3.57. The van der Waals surface area contributed by atoms with E-state index in [0.717, 1.165) is 25.0 Å². The fourth-order valence-corrected chi connectivity index (χ4v) is 4.71. The summed E-state index contributed by atoms with van der Waals surface area (Å²) in [6.07, 6.45) is 16.9. The number of ketones is 1. The van der Waals surface area contributed by atoms with Crippen molar-refractivity contribution in [1.29, 1.82) is 0 Å². The largest absolute Gasteiger partial charge is 0.379 e. The highest BCUT2D eigenvalue weighted by Crippen LogP contribution is 2.30. The van der Waals surface area contributed by atoms with Gasteiger partial charge in [0, 0.05) is 28.8 Å². The summed E-state index contributed by atoms with van der Waals surface area (Å²) in [4.78, 5) is 13.2. The third kappa shape index (κ3) is 5.96. The van der Waals surface area contributed by atoms with Crippen LogP contribution in [0.25, 0.3) is 5.70 Å². The third-order valence-corrected chi connectivity index (χ3v) is 6.21. The van der Waals surface area contributed by atoms with Crippen molar-refractivity contribution in [2.75, 3.05) is 0 Å². The zero-order chi connectivity index (χ0) is 19.1. The Hall–Kier alpha value is -1.57. The average Bonchev–Trinajstić information content (AvgIpc) is 2.61. The highest BCUT2D eigenvalue weighted by atomic mass is 16.1. The number of benzene rings is 1. The number of fused-ring (bicyclic) bond motifs is 1. The zero-order valence-corrected chi connectivity index (χ0v) is 17.4. The SMILES string of the molecule is CC1(C)Cc2ccccc2/C(=C/C(=O)C2CCCCCCCCCCC2)N1. The molecule has 0 atom stereocenters. The molecule has 0 amide bonds. The van der Waals surface area contributed by atoms with Gasteiger partial charge in [0.05, 0.1) is 0 Å². The lowest BCUT2D eigenvalue weighted by molar-refractivity contribution is -0.118. The molecule has 1 saturated carbocycles. The molecule has 1 N–H and O–H groups in total. The number of carbonyl (C=O) groups excluding carboxylic acids is 1. The van der Waals surface area contributed by atoms with Crippen LogP contribution in [0.5, 0.6) is 0 Å². The van der Waals surface area contributed by atoms with E-state index in [1.807, 2.05) is 6.08 Å². The van der Waals surface area contributed by atoms with E-state index in [1.54, 1.807) is 0 Å². The second kappa shape index (κ2) is 9.57. The Bertz CT molecular complexity index is 646. The highest BCUT2D eigenvalue weighted by Gasteiger charge is 2.28. The van der Waals surface area contributed by atoms with Gasteiger partial charge in [0.2, 0.25) is 0 Å². The maximum atomic E-state index is 13.2. The molecule has 148 valence electrons. The van der Waals surface area contributed by atoms with E-state index < -0.39 is 0 Å².